The standard InChI is InChI=1S/C14H18Br2ClNO2S/c1-9-7-11(16)14(8-10(9)15)21(19,20)18(2)13-6-4-3-5-12(13)17/h7-8,12-13H,3-6H2,1-2H3. The van der Waals surface area contributed by atoms with Crippen molar-refractivity contribution in [2.75, 3.05) is 7.05 Å². The fourth-order valence-electron chi connectivity index (χ4n) is 2.63. The molecule has 7 heteroatoms. The van der Waals surface area contributed by atoms with Crippen LogP contribution in [0.15, 0.2) is 26.0 Å². The molecule has 2 rings (SSSR count). The predicted molar refractivity (Wildman–Crippen MR) is 93.4 cm³/mol. The molecule has 1 saturated carbocycles. The number of benzene rings is 1. The Labute approximate surface area is 148 Å². The maximum Gasteiger partial charge on any atom is 0.244 e. The van der Waals surface area contributed by atoms with E-state index in [-0.39, 0.29) is 16.3 Å². The zero-order valence-electron chi connectivity index (χ0n) is 11.9. The van der Waals surface area contributed by atoms with Gasteiger partial charge in [-0.3, -0.25) is 0 Å². The second-order valence-corrected chi connectivity index (χ2v) is 9.66. The summed E-state index contributed by atoms with van der Waals surface area (Å²) in [7, 11) is -1.94. The van der Waals surface area contributed by atoms with Crippen LogP contribution in [0.5, 0.6) is 0 Å². The van der Waals surface area contributed by atoms with Crippen LogP contribution in [-0.4, -0.2) is 31.2 Å². The Morgan fingerprint density at radius 1 is 1.19 bits per heavy atom. The fourth-order valence-corrected chi connectivity index (χ4v) is 6.21. The molecule has 0 bridgehead atoms. The highest BCUT2D eigenvalue weighted by Gasteiger charge is 2.35. The van der Waals surface area contributed by atoms with E-state index in [1.807, 2.05) is 13.0 Å². The molecule has 0 heterocycles. The van der Waals surface area contributed by atoms with Crippen LogP contribution in [0.2, 0.25) is 0 Å². The Morgan fingerprint density at radius 2 is 1.81 bits per heavy atom. The van der Waals surface area contributed by atoms with Crippen LogP contribution in [0.3, 0.4) is 0 Å². The number of sulfonamides is 1. The molecule has 0 amide bonds. The maximum absolute atomic E-state index is 12.9. The van der Waals surface area contributed by atoms with Gasteiger partial charge in [0.2, 0.25) is 10.0 Å². The molecule has 1 aromatic rings. The molecule has 21 heavy (non-hydrogen) atoms. The second-order valence-electron chi connectivity index (χ2n) is 5.42. The SMILES string of the molecule is Cc1cc(Br)c(S(=O)(=O)N(C)C2CCCCC2Cl)cc1Br. The fraction of sp³-hybridized carbons (Fsp3) is 0.571. The third-order valence-corrected chi connectivity index (χ3v) is 8.19. The molecular formula is C14H18Br2ClNO2S. The van der Waals surface area contributed by atoms with E-state index in [0.717, 1.165) is 35.7 Å². The molecule has 2 atom stereocenters. The Bertz CT molecular complexity index is 636. The van der Waals surface area contributed by atoms with Crippen molar-refractivity contribution in [2.24, 2.45) is 0 Å². The molecule has 1 fully saturated rings. The van der Waals surface area contributed by atoms with Crippen molar-refractivity contribution in [1.29, 1.82) is 0 Å². The van der Waals surface area contributed by atoms with E-state index in [2.05, 4.69) is 31.9 Å². The average molecular weight is 460 g/mol. The minimum absolute atomic E-state index is 0.119. The van der Waals surface area contributed by atoms with Gasteiger partial charge in [-0.25, -0.2) is 8.42 Å². The van der Waals surface area contributed by atoms with Gasteiger partial charge >= 0.3 is 0 Å². The Balaban J connectivity index is 2.39. The number of alkyl halides is 1. The van der Waals surface area contributed by atoms with Crippen LogP contribution >= 0.6 is 43.5 Å². The summed E-state index contributed by atoms with van der Waals surface area (Å²) in [5, 5.41) is -0.119. The van der Waals surface area contributed by atoms with E-state index in [4.69, 9.17) is 11.6 Å². The van der Waals surface area contributed by atoms with Crippen molar-refractivity contribution < 1.29 is 8.42 Å². The second kappa shape index (κ2) is 6.87. The van der Waals surface area contributed by atoms with E-state index < -0.39 is 10.0 Å². The summed E-state index contributed by atoms with van der Waals surface area (Å²) in [5.74, 6) is 0. The number of hydrogen-bond acceptors (Lipinski definition) is 2. The van der Waals surface area contributed by atoms with Crippen molar-refractivity contribution in [3.05, 3.63) is 26.6 Å². The average Bonchev–Trinajstić information content (AvgIpc) is 2.42. The van der Waals surface area contributed by atoms with E-state index in [1.54, 1.807) is 13.1 Å². The van der Waals surface area contributed by atoms with Crippen molar-refractivity contribution in [3.63, 3.8) is 0 Å². The van der Waals surface area contributed by atoms with Crippen LogP contribution in [0.4, 0.5) is 0 Å². The summed E-state index contributed by atoms with van der Waals surface area (Å²) in [5.41, 5.74) is 0.983. The summed E-state index contributed by atoms with van der Waals surface area (Å²) in [6.07, 6.45) is 3.77. The molecule has 0 spiro atoms. The zero-order valence-corrected chi connectivity index (χ0v) is 16.7. The van der Waals surface area contributed by atoms with Gasteiger partial charge in [-0.1, -0.05) is 28.8 Å². The smallest absolute Gasteiger partial charge is 0.207 e. The normalized spacial score (nSPS) is 23.5. The number of rotatable bonds is 3. The van der Waals surface area contributed by atoms with Crippen molar-refractivity contribution in [3.8, 4) is 0 Å². The molecule has 0 saturated heterocycles. The molecule has 2 unspecified atom stereocenters. The first-order valence-corrected chi connectivity index (χ1v) is 10.3. The summed E-state index contributed by atoms with van der Waals surface area (Å²) in [4.78, 5) is 0.275. The molecule has 0 radical (unpaired) electrons. The van der Waals surface area contributed by atoms with Gasteiger partial charge in [-0.05, 0) is 53.4 Å². The minimum Gasteiger partial charge on any atom is -0.207 e. The van der Waals surface area contributed by atoms with Crippen LogP contribution < -0.4 is 0 Å². The first kappa shape index (κ1) is 17.7. The summed E-state index contributed by atoms with van der Waals surface area (Å²) >= 11 is 13.1. The lowest BCUT2D eigenvalue weighted by molar-refractivity contribution is 0.291. The van der Waals surface area contributed by atoms with Gasteiger partial charge in [-0.2, -0.15) is 4.31 Å². The monoisotopic (exact) mass is 457 g/mol. The number of nitrogens with zero attached hydrogens (tertiary/aromatic N) is 1. The van der Waals surface area contributed by atoms with Gasteiger partial charge < -0.3 is 0 Å². The van der Waals surface area contributed by atoms with Gasteiger partial charge in [-0.15, -0.1) is 11.6 Å². The zero-order chi connectivity index (χ0) is 15.8. The summed E-state index contributed by atoms with van der Waals surface area (Å²) in [6, 6.07) is 3.32. The highest BCUT2D eigenvalue weighted by molar-refractivity contribution is 9.11. The minimum atomic E-state index is -3.57. The van der Waals surface area contributed by atoms with E-state index in [1.165, 1.54) is 4.31 Å². The third kappa shape index (κ3) is 3.66. The van der Waals surface area contributed by atoms with Crippen molar-refractivity contribution >= 4 is 53.5 Å². The first-order chi connectivity index (χ1) is 9.75. The largest absolute Gasteiger partial charge is 0.244 e. The third-order valence-electron chi connectivity index (χ3n) is 3.98. The Hall–Kier alpha value is 0.380. The van der Waals surface area contributed by atoms with Crippen LogP contribution in [-0.2, 0) is 10.0 Å². The van der Waals surface area contributed by atoms with Gasteiger partial charge in [0.05, 0.1) is 10.3 Å². The van der Waals surface area contributed by atoms with Crippen LogP contribution in [0, 0.1) is 6.92 Å². The van der Waals surface area contributed by atoms with Crippen LogP contribution in [0.1, 0.15) is 31.2 Å². The number of aryl methyl sites for hydroxylation is 1. The molecule has 1 aliphatic rings. The first-order valence-electron chi connectivity index (χ1n) is 6.83. The molecule has 1 aromatic carbocycles. The van der Waals surface area contributed by atoms with Crippen molar-refractivity contribution in [2.45, 2.75) is 48.9 Å². The van der Waals surface area contributed by atoms with Crippen molar-refractivity contribution in [1.82, 2.24) is 4.31 Å². The maximum atomic E-state index is 12.9. The van der Waals surface area contributed by atoms with Crippen LogP contribution in [0.25, 0.3) is 0 Å². The van der Waals surface area contributed by atoms with Gasteiger partial charge in [0.1, 0.15) is 0 Å². The molecule has 1 aliphatic carbocycles. The summed E-state index contributed by atoms with van der Waals surface area (Å²) in [6.45, 7) is 1.92. The number of halogens is 3. The molecule has 3 nitrogen and oxygen atoms in total. The van der Waals surface area contributed by atoms with Gasteiger partial charge in [0, 0.05) is 22.0 Å². The highest BCUT2D eigenvalue weighted by Crippen LogP contribution is 2.34. The Kier molecular flexibility index (Phi) is 5.80. The molecule has 0 aromatic heterocycles. The quantitative estimate of drug-likeness (QED) is 0.615. The molecule has 0 N–H and O–H groups in total. The predicted octanol–water partition coefficient (Wildman–Crippen LogP) is 4.69. The Morgan fingerprint density at radius 3 is 2.43 bits per heavy atom. The van der Waals surface area contributed by atoms with Gasteiger partial charge in [0.15, 0.2) is 0 Å². The molecular weight excluding hydrogens is 441 g/mol. The lowest BCUT2D eigenvalue weighted by atomic mass is 9.95. The highest BCUT2D eigenvalue weighted by atomic mass is 79.9. The molecule has 118 valence electrons. The lowest BCUT2D eigenvalue weighted by Gasteiger charge is -2.34. The van der Waals surface area contributed by atoms with E-state index in [9.17, 15) is 8.42 Å². The lowest BCUT2D eigenvalue weighted by Crippen LogP contribution is -2.44. The molecule has 0 aliphatic heterocycles. The van der Waals surface area contributed by atoms with E-state index >= 15 is 0 Å². The van der Waals surface area contributed by atoms with Gasteiger partial charge in [0.25, 0.3) is 0 Å². The topological polar surface area (TPSA) is 37.4 Å². The number of hydrogen-bond donors (Lipinski definition) is 0. The summed E-state index contributed by atoms with van der Waals surface area (Å²) < 4.78 is 28.6. The van der Waals surface area contributed by atoms with E-state index in [0.29, 0.717) is 4.47 Å².